The molecule has 2 N–H and O–H groups in total. The maximum absolute atomic E-state index is 12.4. The third kappa shape index (κ3) is 5.27. The van der Waals surface area contributed by atoms with Gasteiger partial charge in [0.2, 0.25) is 15.9 Å². The summed E-state index contributed by atoms with van der Waals surface area (Å²) >= 11 is 0. The number of carbonyl (C=O) groups excluding carboxylic acids is 2. The fourth-order valence-corrected chi connectivity index (χ4v) is 4.12. The van der Waals surface area contributed by atoms with Crippen LogP contribution in [0.15, 0.2) is 29.2 Å². The standard InChI is InChI=1S/C17H25N3O4S/c1-2-10-18-16(21)9-11-19-17(22)14-5-7-15(8-6-14)25(23,24)20-12-3-4-13-20/h5-8H,2-4,9-13H2,1H3,(H,18,21)(H,19,22). The van der Waals surface area contributed by atoms with E-state index >= 15 is 0 Å². The lowest BCUT2D eigenvalue weighted by Crippen LogP contribution is -2.31. The van der Waals surface area contributed by atoms with Crippen LogP contribution in [0.1, 0.15) is 43.0 Å². The third-order valence-electron chi connectivity index (χ3n) is 4.03. The molecule has 1 aliphatic rings. The van der Waals surface area contributed by atoms with E-state index in [1.807, 2.05) is 6.92 Å². The molecule has 0 spiro atoms. The Bertz CT molecular complexity index is 695. The molecule has 0 bridgehead atoms. The Kier molecular flexibility index (Phi) is 6.95. The molecule has 0 unspecified atom stereocenters. The van der Waals surface area contributed by atoms with Gasteiger partial charge in [0.1, 0.15) is 0 Å². The molecule has 1 aromatic rings. The topological polar surface area (TPSA) is 95.6 Å². The number of carbonyl (C=O) groups is 2. The highest BCUT2D eigenvalue weighted by Gasteiger charge is 2.27. The Labute approximate surface area is 148 Å². The van der Waals surface area contributed by atoms with Crippen molar-refractivity contribution >= 4 is 21.8 Å². The van der Waals surface area contributed by atoms with E-state index in [9.17, 15) is 18.0 Å². The number of hydrogen-bond donors (Lipinski definition) is 2. The normalized spacial score (nSPS) is 15.1. The lowest BCUT2D eigenvalue weighted by molar-refractivity contribution is -0.120. The summed E-state index contributed by atoms with van der Waals surface area (Å²) in [5.41, 5.74) is 0.370. The van der Waals surface area contributed by atoms with Crippen molar-refractivity contribution in [2.75, 3.05) is 26.2 Å². The highest BCUT2D eigenvalue weighted by molar-refractivity contribution is 7.89. The summed E-state index contributed by atoms with van der Waals surface area (Å²) < 4.78 is 26.3. The van der Waals surface area contributed by atoms with Crippen molar-refractivity contribution in [2.24, 2.45) is 0 Å². The smallest absolute Gasteiger partial charge is 0.251 e. The Morgan fingerprint density at radius 1 is 1.04 bits per heavy atom. The van der Waals surface area contributed by atoms with Gasteiger partial charge in [-0.15, -0.1) is 0 Å². The molecule has 7 nitrogen and oxygen atoms in total. The molecule has 0 radical (unpaired) electrons. The predicted molar refractivity (Wildman–Crippen MR) is 94.7 cm³/mol. The number of nitrogens with one attached hydrogen (secondary N) is 2. The summed E-state index contributed by atoms with van der Waals surface area (Å²) in [5.74, 6) is -0.428. The molecular formula is C17H25N3O4S. The highest BCUT2D eigenvalue weighted by Crippen LogP contribution is 2.21. The van der Waals surface area contributed by atoms with Crippen LogP contribution in [0.5, 0.6) is 0 Å². The van der Waals surface area contributed by atoms with Gasteiger partial charge in [-0.2, -0.15) is 4.31 Å². The fourth-order valence-electron chi connectivity index (χ4n) is 2.60. The number of amides is 2. The van der Waals surface area contributed by atoms with Crippen molar-refractivity contribution < 1.29 is 18.0 Å². The van der Waals surface area contributed by atoms with Crippen molar-refractivity contribution in [3.8, 4) is 0 Å². The molecule has 0 aliphatic carbocycles. The zero-order chi connectivity index (χ0) is 18.3. The molecule has 1 heterocycles. The van der Waals surface area contributed by atoms with E-state index in [-0.39, 0.29) is 29.7 Å². The molecule has 25 heavy (non-hydrogen) atoms. The van der Waals surface area contributed by atoms with E-state index in [0.29, 0.717) is 25.2 Å². The van der Waals surface area contributed by atoms with E-state index in [1.165, 1.54) is 28.6 Å². The van der Waals surface area contributed by atoms with Gasteiger partial charge in [-0.1, -0.05) is 6.92 Å². The number of nitrogens with zero attached hydrogens (tertiary/aromatic N) is 1. The van der Waals surface area contributed by atoms with Gasteiger partial charge in [0.25, 0.3) is 5.91 Å². The number of sulfonamides is 1. The number of rotatable bonds is 8. The average Bonchev–Trinajstić information content (AvgIpc) is 3.15. The first kappa shape index (κ1) is 19.4. The quantitative estimate of drug-likeness (QED) is 0.720. The maximum atomic E-state index is 12.4. The summed E-state index contributed by atoms with van der Waals surface area (Å²) in [6.45, 7) is 3.92. The van der Waals surface area contributed by atoms with Crippen LogP contribution in [0.4, 0.5) is 0 Å². The Hall–Kier alpha value is -1.93. The van der Waals surface area contributed by atoms with Crippen molar-refractivity contribution in [1.82, 2.24) is 14.9 Å². The van der Waals surface area contributed by atoms with Crippen LogP contribution in [0.3, 0.4) is 0 Å². The summed E-state index contributed by atoms with van der Waals surface area (Å²) in [5, 5.41) is 5.39. The third-order valence-corrected chi connectivity index (χ3v) is 5.94. The van der Waals surface area contributed by atoms with Crippen LogP contribution in [0, 0.1) is 0 Å². The van der Waals surface area contributed by atoms with Crippen LogP contribution >= 0.6 is 0 Å². The van der Waals surface area contributed by atoms with Gasteiger partial charge in [0.05, 0.1) is 4.90 Å². The second-order valence-electron chi connectivity index (χ2n) is 5.99. The van der Waals surface area contributed by atoms with Crippen LogP contribution in [0.25, 0.3) is 0 Å². The van der Waals surface area contributed by atoms with Crippen LogP contribution in [0.2, 0.25) is 0 Å². The van der Waals surface area contributed by atoms with E-state index in [0.717, 1.165) is 19.3 Å². The van der Waals surface area contributed by atoms with Crippen LogP contribution in [-0.4, -0.2) is 50.7 Å². The van der Waals surface area contributed by atoms with Gasteiger partial charge in [-0.25, -0.2) is 8.42 Å². The van der Waals surface area contributed by atoms with Gasteiger partial charge in [-0.05, 0) is 43.5 Å². The van der Waals surface area contributed by atoms with Gasteiger partial charge in [-0.3, -0.25) is 9.59 Å². The molecule has 138 valence electrons. The molecule has 1 fully saturated rings. The van der Waals surface area contributed by atoms with Crippen molar-refractivity contribution in [3.05, 3.63) is 29.8 Å². The SMILES string of the molecule is CCCNC(=O)CCNC(=O)c1ccc(S(=O)(=O)N2CCCC2)cc1. The summed E-state index contributed by atoms with van der Waals surface area (Å²) in [4.78, 5) is 23.7. The molecule has 1 saturated heterocycles. The number of benzene rings is 1. The highest BCUT2D eigenvalue weighted by atomic mass is 32.2. The zero-order valence-electron chi connectivity index (χ0n) is 14.5. The van der Waals surface area contributed by atoms with Crippen LogP contribution in [-0.2, 0) is 14.8 Å². The van der Waals surface area contributed by atoms with E-state index in [1.54, 1.807) is 0 Å². The summed E-state index contributed by atoms with van der Waals surface area (Å²) in [6, 6.07) is 5.90. The summed E-state index contributed by atoms with van der Waals surface area (Å²) in [6.07, 6.45) is 2.84. The average molecular weight is 367 g/mol. The van der Waals surface area contributed by atoms with Crippen molar-refractivity contribution in [3.63, 3.8) is 0 Å². The number of hydrogen-bond acceptors (Lipinski definition) is 4. The van der Waals surface area contributed by atoms with E-state index in [2.05, 4.69) is 10.6 Å². The molecule has 1 aliphatic heterocycles. The fraction of sp³-hybridized carbons (Fsp3) is 0.529. The second kappa shape index (κ2) is 8.96. The molecule has 0 aromatic heterocycles. The van der Waals surface area contributed by atoms with E-state index in [4.69, 9.17) is 0 Å². The molecule has 1 aromatic carbocycles. The van der Waals surface area contributed by atoms with Gasteiger partial charge < -0.3 is 10.6 Å². The minimum Gasteiger partial charge on any atom is -0.356 e. The molecule has 0 saturated carbocycles. The van der Waals surface area contributed by atoms with E-state index < -0.39 is 10.0 Å². The summed E-state index contributed by atoms with van der Waals surface area (Å²) in [7, 11) is -3.47. The molecule has 8 heteroatoms. The molecule has 0 atom stereocenters. The van der Waals surface area contributed by atoms with Crippen molar-refractivity contribution in [1.29, 1.82) is 0 Å². The lowest BCUT2D eigenvalue weighted by atomic mass is 10.2. The first-order valence-electron chi connectivity index (χ1n) is 8.60. The first-order chi connectivity index (χ1) is 11.9. The Balaban J connectivity index is 1.88. The van der Waals surface area contributed by atoms with Crippen LogP contribution < -0.4 is 10.6 Å². The van der Waals surface area contributed by atoms with Gasteiger partial charge in [0, 0.05) is 38.2 Å². The van der Waals surface area contributed by atoms with Gasteiger partial charge in [0.15, 0.2) is 0 Å². The monoisotopic (exact) mass is 367 g/mol. The molecule has 2 amide bonds. The minimum atomic E-state index is -3.47. The Morgan fingerprint density at radius 3 is 2.28 bits per heavy atom. The van der Waals surface area contributed by atoms with Crippen molar-refractivity contribution in [2.45, 2.75) is 37.5 Å². The maximum Gasteiger partial charge on any atom is 0.251 e. The minimum absolute atomic E-state index is 0.103. The zero-order valence-corrected chi connectivity index (χ0v) is 15.3. The predicted octanol–water partition coefficient (Wildman–Crippen LogP) is 1.12. The molecular weight excluding hydrogens is 342 g/mol. The van der Waals surface area contributed by atoms with Gasteiger partial charge >= 0.3 is 0 Å². The first-order valence-corrected chi connectivity index (χ1v) is 10.0. The second-order valence-corrected chi connectivity index (χ2v) is 7.93. The lowest BCUT2D eigenvalue weighted by Gasteiger charge is -2.15. The molecule has 2 rings (SSSR count). The Morgan fingerprint density at radius 2 is 1.68 bits per heavy atom. The largest absolute Gasteiger partial charge is 0.356 e.